The molecule has 3 aromatic carbocycles. The van der Waals surface area contributed by atoms with Crippen molar-refractivity contribution >= 4 is 5.91 Å². The second-order valence-electron chi connectivity index (χ2n) is 9.63. The quantitative estimate of drug-likeness (QED) is 0.405. The number of hydrogen-bond acceptors (Lipinski definition) is 5. The van der Waals surface area contributed by atoms with Crippen LogP contribution in [0.1, 0.15) is 34.3 Å². The monoisotopic (exact) mass is 495 g/mol. The van der Waals surface area contributed by atoms with E-state index >= 15 is 0 Å². The SMILES string of the molecule is Cc1ccccc1-c1nn(-c2ccccc2)cc1C(=O)NCC1(c2ccc3c(c2)OCO3)CCOCC1. The maximum Gasteiger partial charge on any atom is 0.255 e. The molecule has 1 fully saturated rings. The minimum Gasteiger partial charge on any atom is -0.454 e. The van der Waals surface area contributed by atoms with Gasteiger partial charge in [0.15, 0.2) is 11.5 Å². The Morgan fingerprint density at radius 2 is 1.73 bits per heavy atom. The Hall–Kier alpha value is -4.10. The van der Waals surface area contributed by atoms with Crippen LogP contribution in [0.25, 0.3) is 16.9 Å². The van der Waals surface area contributed by atoms with Gasteiger partial charge in [-0.1, -0.05) is 48.5 Å². The van der Waals surface area contributed by atoms with E-state index < -0.39 is 0 Å². The number of aromatic nitrogens is 2. The van der Waals surface area contributed by atoms with E-state index in [1.165, 1.54) is 0 Å². The first-order valence-corrected chi connectivity index (χ1v) is 12.6. The molecule has 0 atom stereocenters. The van der Waals surface area contributed by atoms with Crippen LogP contribution >= 0.6 is 0 Å². The van der Waals surface area contributed by atoms with Gasteiger partial charge in [0.05, 0.1) is 11.3 Å². The normalized spacial score (nSPS) is 15.9. The number of benzene rings is 3. The first-order valence-electron chi connectivity index (χ1n) is 12.6. The van der Waals surface area contributed by atoms with Crippen molar-refractivity contribution in [2.45, 2.75) is 25.2 Å². The minimum atomic E-state index is -0.257. The highest BCUT2D eigenvalue weighted by Gasteiger charge is 2.36. The lowest BCUT2D eigenvalue weighted by atomic mass is 9.74. The molecule has 0 spiro atoms. The topological polar surface area (TPSA) is 74.6 Å². The minimum absolute atomic E-state index is 0.146. The summed E-state index contributed by atoms with van der Waals surface area (Å²) in [6, 6.07) is 23.9. The fourth-order valence-corrected chi connectivity index (χ4v) is 5.19. The zero-order valence-corrected chi connectivity index (χ0v) is 20.8. The fourth-order valence-electron chi connectivity index (χ4n) is 5.19. The third-order valence-corrected chi connectivity index (χ3v) is 7.40. The lowest BCUT2D eigenvalue weighted by Crippen LogP contribution is -2.44. The summed E-state index contributed by atoms with van der Waals surface area (Å²) in [6.07, 6.45) is 3.44. The molecule has 4 aromatic rings. The van der Waals surface area contributed by atoms with E-state index in [2.05, 4.69) is 11.4 Å². The fraction of sp³-hybridized carbons (Fsp3) is 0.267. The molecule has 2 aliphatic heterocycles. The van der Waals surface area contributed by atoms with Gasteiger partial charge in [0.2, 0.25) is 6.79 Å². The van der Waals surface area contributed by atoms with E-state index in [1.807, 2.05) is 79.9 Å². The molecule has 0 radical (unpaired) electrons. The molecule has 1 amide bonds. The molecule has 0 unspecified atom stereocenters. The molecule has 3 heterocycles. The van der Waals surface area contributed by atoms with Gasteiger partial charge in [-0.25, -0.2) is 4.68 Å². The predicted octanol–water partition coefficient (Wildman–Crippen LogP) is 5.05. The van der Waals surface area contributed by atoms with E-state index in [0.29, 0.717) is 31.0 Å². The average Bonchev–Trinajstić information content (AvgIpc) is 3.60. The van der Waals surface area contributed by atoms with Gasteiger partial charge in [0.1, 0.15) is 5.69 Å². The molecule has 0 saturated carbocycles. The third kappa shape index (κ3) is 4.47. The molecule has 1 saturated heterocycles. The van der Waals surface area contributed by atoms with Crippen LogP contribution in [0.3, 0.4) is 0 Å². The van der Waals surface area contributed by atoms with Gasteiger partial charge in [-0.3, -0.25) is 4.79 Å². The van der Waals surface area contributed by atoms with Gasteiger partial charge >= 0.3 is 0 Å². The maximum atomic E-state index is 13.8. The molecule has 37 heavy (non-hydrogen) atoms. The molecule has 6 rings (SSSR count). The van der Waals surface area contributed by atoms with Crippen LogP contribution in [0.15, 0.2) is 79.0 Å². The summed E-state index contributed by atoms with van der Waals surface area (Å²) in [6.45, 7) is 4.04. The van der Waals surface area contributed by atoms with Crippen molar-refractivity contribution in [1.29, 1.82) is 0 Å². The second-order valence-corrected chi connectivity index (χ2v) is 9.63. The Morgan fingerprint density at radius 1 is 0.973 bits per heavy atom. The van der Waals surface area contributed by atoms with Crippen LogP contribution in [-0.4, -0.2) is 42.2 Å². The molecule has 7 heteroatoms. The standard InChI is InChI=1S/C30H29N3O4/c1-21-7-5-6-10-24(21)28-25(18-33(32-28)23-8-3-2-4-9-23)29(34)31-19-30(13-15-35-16-14-30)22-11-12-26-27(17-22)37-20-36-26/h2-12,17-18H,13-16,19-20H2,1H3,(H,31,34). The van der Waals surface area contributed by atoms with Gasteiger partial charge in [-0.05, 0) is 55.2 Å². The maximum absolute atomic E-state index is 13.8. The smallest absolute Gasteiger partial charge is 0.255 e. The number of carbonyl (C=O) groups is 1. The summed E-state index contributed by atoms with van der Waals surface area (Å²) in [4.78, 5) is 13.8. The summed E-state index contributed by atoms with van der Waals surface area (Å²) in [5.41, 5.74) is 4.99. The van der Waals surface area contributed by atoms with Gasteiger partial charge < -0.3 is 19.5 Å². The lowest BCUT2D eigenvalue weighted by Gasteiger charge is -2.38. The number of hydrogen-bond donors (Lipinski definition) is 1. The highest BCUT2D eigenvalue weighted by molar-refractivity contribution is 6.00. The van der Waals surface area contributed by atoms with Gasteiger partial charge in [-0.2, -0.15) is 5.10 Å². The number of para-hydroxylation sites is 1. The Bertz CT molecular complexity index is 1420. The van der Waals surface area contributed by atoms with Crippen LogP contribution in [-0.2, 0) is 10.2 Å². The Morgan fingerprint density at radius 3 is 2.54 bits per heavy atom. The zero-order valence-electron chi connectivity index (χ0n) is 20.8. The second kappa shape index (κ2) is 9.75. The van der Waals surface area contributed by atoms with E-state index in [-0.39, 0.29) is 18.1 Å². The first-order chi connectivity index (χ1) is 18.1. The Kier molecular flexibility index (Phi) is 6.14. The summed E-state index contributed by atoms with van der Waals surface area (Å²) in [7, 11) is 0. The summed E-state index contributed by atoms with van der Waals surface area (Å²) in [5, 5.41) is 8.10. The number of nitrogens with one attached hydrogen (secondary N) is 1. The largest absolute Gasteiger partial charge is 0.454 e. The van der Waals surface area contributed by atoms with Crippen LogP contribution < -0.4 is 14.8 Å². The summed E-state index contributed by atoms with van der Waals surface area (Å²) < 4.78 is 18.6. The van der Waals surface area contributed by atoms with E-state index in [0.717, 1.165) is 46.7 Å². The number of ether oxygens (including phenoxy) is 3. The molecular formula is C30H29N3O4. The molecule has 2 aliphatic rings. The zero-order chi connectivity index (χ0) is 25.2. The molecular weight excluding hydrogens is 466 g/mol. The number of carbonyl (C=O) groups excluding carboxylic acids is 1. The molecule has 188 valence electrons. The van der Waals surface area contributed by atoms with Crippen molar-refractivity contribution in [3.05, 3.63) is 95.7 Å². The van der Waals surface area contributed by atoms with Crippen molar-refractivity contribution in [2.24, 2.45) is 0 Å². The third-order valence-electron chi connectivity index (χ3n) is 7.40. The Labute approximate surface area is 216 Å². The number of amides is 1. The van der Waals surface area contributed by atoms with Gasteiger partial charge in [-0.15, -0.1) is 0 Å². The van der Waals surface area contributed by atoms with Gasteiger partial charge in [0, 0.05) is 36.9 Å². The van der Waals surface area contributed by atoms with Crippen molar-refractivity contribution in [2.75, 3.05) is 26.6 Å². The average molecular weight is 496 g/mol. The van der Waals surface area contributed by atoms with E-state index in [4.69, 9.17) is 19.3 Å². The number of nitrogens with zero attached hydrogens (tertiary/aromatic N) is 2. The van der Waals surface area contributed by atoms with Crippen LogP contribution in [0.5, 0.6) is 11.5 Å². The molecule has 1 N–H and O–H groups in total. The van der Waals surface area contributed by atoms with Crippen LogP contribution in [0.2, 0.25) is 0 Å². The van der Waals surface area contributed by atoms with E-state index in [1.54, 1.807) is 4.68 Å². The number of rotatable bonds is 6. The van der Waals surface area contributed by atoms with Crippen LogP contribution in [0, 0.1) is 6.92 Å². The van der Waals surface area contributed by atoms with Crippen molar-refractivity contribution in [1.82, 2.24) is 15.1 Å². The molecule has 7 nitrogen and oxygen atoms in total. The Balaban J connectivity index is 1.33. The van der Waals surface area contributed by atoms with Crippen molar-refractivity contribution in [3.63, 3.8) is 0 Å². The molecule has 0 aliphatic carbocycles. The predicted molar refractivity (Wildman–Crippen MR) is 140 cm³/mol. The first kappa shape index (κ1) is 23.3. The highest BCUT2D eigenvalue weighted by atomic mass is 16.7. The number of aryl methyl sites for hydroxylation is 1. The molecule has 0 bridgehead atoms. The van der Waals surface area contributed by atoms with Crippen molar-refractivity contribution < 1.29 is 19.0 Å². The van der Waals surface area contributed by atoms with Gasteiger partial charge in [0.25, 0.3) is 5.91 Å². The van der Waals surface area contributed by atoms with E-state index in [9.17, 15) is 4.79 Å². The van der Waals surface area contributed by atoms with Crippen LogP contribution in [0.4, 0.5) is 0 Å². The summed E-state index contributed by atoms with van der Waals surface area (Å²) >= 11 is 0. The molecule has 1 aromatic heterocycles. The highest BCUT2D eigenvalue weighted by Crippen LogP contribution is 2.40. The van der Waals surface area contributed by atoms with Crippen molar-refractivity contribution in [3.8, 4) is 28.4 Å². The number of fused-ring (bicyclic) bond motifs is 1. The lowest BCUT2D eigenvalue weighted by molar-refractivity contribution is 0.0486. The summed E-state index contributed by atoms with van der Waals surface area (Å²) in [5.74, 6) is 1.36.